The van der Waals surface area contributed by atoms with Crippen molar-refractivity contribution in [1.29, 1.82) is 0 Å². The van der Waals surface area contributed by atoms with Crippen LogP contribution in [0.3, 0.4) is 0 Å². The molecule has 1 fully saturated rings. The summed E-state index contributed by atoms with van der Waals surface area (Å²) in [7, 11) is 0. The Morgan fingerprint density at radius 3 is 2.29 bits per heavy atom. The van der Waals surface area contributed by atoms with E-state index in [2.05, 4.69) is 39.9 Å². The Bertz CT molecular complexity index is 1230. The van der Waals surface area contributed by atoms with Crippen LogP contribution in [0.4, 0.5) is 10.5 Å². The summed E-state index contributed by atoms with van der Waals surface area (Å²) in [5, 5.41) is 14.4. The molecular weight excluding hydrogens is 446 g/mol. The van der Waals surface area contributed by atoms with Crippen molar-refractivity contribution in [1.82, 2.24) is 10.3 Å². The number of benzene rings is 2. The molecule has 0 aliphatic heterocycles. The fourth-order valence-corrected chi connectivity index (χ4v) is 4.65. The van der Waals surface area contributed by atoms with Gasteiger partial charge in [-0.2, -0.15) is 0 Å². The predicted molar refractivity (Wildman–Crippen MR) is 129 cm³/mol. The first kappa shape index (κ1) is 22.6. The molecule has 0 bridgehead atoms. The van der Waals surface area contributed by atoms with Gasteiger partial charge in [0.1, 0.15) is 6.61 Å². The molecule has 1 heterocycles. The van der Waals surface area contributed by atoms with Crippen LogP contribution in [0.25, 0.3) is 11.1 Å². The highest BCUT2D eigenvalue weighted by Crippen LogP contribution is 2.44. The maximum Gasteiger partial charge on any atom is 0.407 e. The monoisotopic (exact) mass is 471 g/mol. The van der Waals surface area contributed by atoms with Gasteiger partial charge < -0.3 is 20.5 Å². The van der Waals surface area contributed by atoms with Gasteiger partial charge >= 0.3 is 12.1 Å². The number of hydrogen-bond acceptors (Lipinski definition) is 5. The van der Waals surface area contributed by atoms with Crippen molar-refractivity contribution < 1.29 is 24.2 Å². The average molecular weight is 472 g/mol. The zero-order chi connectivity index (χ0) is 24.4. The second-order valence-electron chi connectivity index (χ2n) is 8.91. The predicted octanol–water partition coefficient (Wildman–Crippen LogP) is 3.82. The van der Waals surface area contributed by atoms with Crippen molar-refractivity contribution in [3.05, 3.63) is 83.7 Å². The van der Waals surface area contributed by atoms with Crippen LogP contribution in [-0.2, 0) is 20.7 Å². The van der Waals surface area contributed by atoms with Crippen LogP contribution >= 0.6 is 0 Å². The number of nitrogens with one attached hydrogen (secondary N) is 2. The van der Waals surface area contributed by atoms with E-state index in [9.17, 15) is 14.4 Å². The van der Waals surface area contributed by atoms with Crippen LogP contribution in [0.15, 0.2) is 66.9 Å². The SMILES string of the molecule is O=C(O)Cc1ccc(NC(=O)[C@H]2C[C@H]2CNC(=O)OCC2c3ccccc3-c3ccccc32)cn1. The molecule has 8 nitrogen and oxygen atoms in total. The largest absolute Gasteiger partial charge is 0.481 e. The number of pyridine rings is 1. The number of amides is 2. The number of nitrogens with zero attached hydrogens (tertiary/aromatic N) is 1. The molecule has 2 aromatic carbocycles. The lowest BCUT2D eigenvalue weighted by Crippen LogP contribution is -2.29. The minimum atomic E-state index is -0.959. The number of carboxylic acids is 1. The van der Waals surface area contributed by atoms with E-state index >= 15 is 0 Å². The maximum absolute atomic E-state index is 12.4. The van der Waals surface area contributed by atoms with Gasteiger partial charge in [-0.05, 0) is 46.7 Å². The van der Waals surface area contributed by atoms with Crippen molar-refractivity contribution in [3.63, 3.8) is 0 Å². The summed E-state index contributed by atoms with van der Waals surface area (Å²) in [6.07, 6.45) is 1.47. The molecule has 0 spiro atoms. The zero-order valence-electron chi connectivity index (χ0n) is 18.9. The Hall–Kier alpha value is -4.20. The standard InChI is InChI=1S/C27H25N3O5/c31-25(32)12-17-9-10-18(14-28-17)30-26(33)23-11-16(23)13-29-27(34)35-15-24-21-7-3-1-5-19(21)20-6-2-4-8-22(20)24/h1-10,14,16,23-24H,11-13,15H2,(H,29,34)(H,30,33)(H,31,32)/t16-,23-/m0/s1. The van der Waals surface area contributed by atoms with Gasteiger partial charge in [-0.15, -0.1) is 0 Å². The van der Waals surface area contributed by atoms with Gasteiger partial charge in [0.2, 0.25) is 5.91 Å². The molecule has 35 heavy (non-hydrogen) atoms. The van der Waals surface area contributed by atoms with Crippen LogP contribution < -0.4 is 10.6 Å². The fourth-order valence-electron chi connectivity index (χ4n) is 4.65. The normalized spacial score (nSPS) is 17.7. The second kappa shape index (κ2) is 9.58. The van der Waals surface area contributed by atoms with Crippen LogP contribution in [0.5, 0.6) is 0 Å². The van der Waals surface area contributed by atoms with Gasteiger partial charge in [0.25, 0.3) is 0 Å². The highest BCUT2D eigenvalue weighted by atomic mass is 16.5. The lowest BCUT2D eigenvalue weighted by molar-refractivity contribution is -0.136. The molecule has 3 N–H and O–H groups in total. The first-order valence-electron chi connectivity index (χ1n) is 11.6. The Kier molecular flexibility index (Phi) is 6.18. The lowest BCUT2D eigenvalue weighted by Gasteiger charge is -2.14. The fraction of sp³-hybridized carbons (Fsp3) is 0.259. The molecule has 178 valence electrons. The van der Waals surface area contributed by atoms with Crippen LogP contribution in [0.1, 0.15) is 29.2 Å². The molecule has 5 rings (SSSR count). The van der Waals surface area contributed by atoms with Crippen LogP contribution in [-0.4, -0.2) is 41.2 Å². The number of aliphatic carboxylic acids is 1. The number of hydrogen-bond donors (Lipinski definition) is 3. The molecule has 3 aromatic rings. The molecule has 1 aromatic heterocycles. The minimum absolute atomic E-state index is 0.00287. The molecule has 2 atom stereocenters. The van der Waals surface area contributed by atoms with E-state index < -0.39 is 12.1 Å². The minimum Gasteiger partial charge on any atom is -0.481 e. The molecule has 0 unspecified atom stereocenters. The molecule has 8 heteroatoms. The number of ether oxygens (including phenoxy) is 1. The third kappa shape index (κ3) is 5.01. The topological polar surface area (TPSA) is 118 Å². The van der Waals surface area contributed by atoms with Crippen molar-refractivity contribution in [2.75, 3.05) is 18.5 Å². The van der Waals surface area contributed by atoms with Crippen LogP contribution in [0, 0.1) is 11.8 Å². The summed E-state index contributed by atoms with van der Waals surface area (Å²) in [5.74, 6) is -1.24. The molecule has 0 radical (unpaired) electrons. The first-order valence-corrected chi connectivity index (χ1v) is 11.6. The summed E-state index contributed by atoms with van der Waals surface area (Å²) in [5.41, 5.74) is 5.61. The van der Waals surface area contributed by atoms with Gasteiger partial charge in [-0.3, -0.25) is 14.6 Å². The third-order valence-electron chi connectivity index (χ3n) is 6.54. The molecule has 2 aliphatic carbocycles. The summed E-state index contributed by atoms with van der Waals surface area (Å²) < 4.78 is 5.55. The third-order valence-corrected chi connectivity index (χ3v) is 6.54. The number of carbonyl (C=O) groups excluding carboxylic acids is 2. The van der Waals surface area contributed by atoms with E-state index in [0.717, 1.165) is 11.1 Å². The second-order valence-corrected chi connectivity index (χ2v) is 8.91. The summed E-state index contributed by atoms with van der Waals surface area (Å²) in [6.45, 7) is 0.615. The van der Waals surface area contributed by atoms with Gasteiger partial charge in [-0.1, -0.05) is 48.5 Å². The number of alkyl carbamates (subject to hydrolysis) is 1. The van der Waals surface area contributed by atoms with Gasteiger partial charge in [0, 0.05) is 18.4 Å². The smallest absolute Gasteiger partial charge is 0.407 e. The number of carboxylic acid groups (broad SMARTS) is 1. The Labute approximate surface area is 202 Å². The lowest BCUT2D eigenvalue weighted by atomic mass is 9.98. The van der Waals surface area contributed by atoms with Crippen LogP contribution in [0.2, 0.25) is 0 Å². The van der Waals surface area contributed by atoms with Crippen molar-refractivity contribution in [2.24, 2.45) is 11.8 Å². The van der Waals surface area contributed by atoms with Gasteiger partial charge in [0.05, 0.1) is 24.0 Å². The van der Waals surface area contributed by atoms with Crippen molar-refractivity contribution in [2.45, 2.75) is 18.8 Å². The quantitative estimate of drug-likeness (QED) is 0.460. The van der Waals surface area contributed by atoms with Gasteiger partial charge in [0.15, 0.2) is 0 Å². The van der Waals surface area contributed by atoms with E-state index in [1.807, 2.05) is 24.3 Å². The molecule has 2 amide bonds. The van der Waals surface area contributed by atoms with E-state index in [4.69, 9.17) is 9.84 Å². The average Bonchev–Trinajstić information content (AvgIpc) is 3.57. The highest BCUT2D eigenvalue weighted by Gasteiger charge is 2.43. The zero-order valence-corrected chi connectivity index (χ0v) is 18.9. The highest BCUT2D eigenvalue weighted by molar-refractivity contribution is 5.94. The Balaban J connectivity index is 1.08. The molecule has 2 aliphatic rings. The van der Waals surface area contributed by atoms with Gasteiger partial charge in [-0.25, -0.2) is 4.79 Å². The Morgan fingerprint density at radius 1 is 0.971 bits per heavy atom. The summed E-state index contributed by atoms with van der Waals surface area (Å²) in [6, 6.07) is 19.6. The molecular formula is C27H25N3O5. The van der Waals surface area contributed by atoms with E-state index in [1.165, 1.54) is 17.3 Å². The number of fused-ring (bicyclic) bond motifs is 3. The molecule has 0 saturated heterocycles. The van der Waals surface area contributed by atoms with E-state index in [-0.39, 0.29) is 36.7 Å². The first-order chi connectivity index (χ1) is 17.0. The van der Waals surface area contributed by atoms with Crippen molar-refractivity contribution >= 4 is 23.7 Å². The maximum atomic E-state index is 12.4. The Morgan fingerprint density at radius 2 is 1.66 bits per heavy atom. The summed E-state index contributed by atoms with van der Waals surface area (Å²) in [4.78, 5) is 39.6. The number of rotatable bonds is 8. The van der Waals surface area contributed by atoms with Crippen molar-refractivity contribution in [3.8, 4) is 11.1 Å². The number of carbonyl (C=O) groups is 3. The summed E-state index contributed by atoms with van der Waals surface area (Å²) >= 11 is 0. The number of aromatic nitrogens is 1. The number of anilines is 1. The van der Waals surface area contributed by atoms with E-state index in [0.29, 0.717) is 24.3 Å². The molecule has 1 saturated carbocycles. The van der Waals surface area contributed by atoms with E-state index in [1.54, 1.807) is 12.1 Å².